The number of aromatic nitrogens is 1. The Morgan fingerprint density at radius 2 is 1.83 bits per heavy atom. The first kappa shape index (κ1) is 18.1. The van der Waals surface area contributed by atoms with Crippen LogP contribution in [-0.4, -0.2) is 48.7 Å². The summed E-state index contributed by atoms with van der Waals surface area (Å²) in [5, 5.41) is 6.68. The van der Waals surface area contributed by atoms with Gasteiger partial charge in [-0.05, 0) is 31.7 Å². The van der Waals surface area contributed by atoms with Gasteiger partial charge in [0, 0.05) is 45.1 Å². The quantitative estimate of drug-likeness (QED) is 0.548. The van der Waals surface area contributed by atoms with Crippen LogP contribution in [0, 0.1) is 0 Å². The third-order valence-electron chi connectivity index (χ3n) is 3.72. The Bertz CT molecular complexity index is 577. The highest BCUT2D eigenvalue weighted by atomic mass is 15.2. The van der Waals surface area contributed by atoms with Crippen molar-refractivity contribution in [1.82, 2.24) is 20.1 Å². The molecule has 1 aromatic heterocycles. The minimum Gasteiger partial charge on any atom is -0.357 e. The van der Waals surface area contributed by atoms with Gasteiger partial charge in [-0.25, -0.2) is 0 Å². The maximum absolute atomic E-state index is 4.66. The Kier molecular flexibility index (Phi) is 7.90. The van der Waals surface area contributed by atoms with Crippen molar-refractivity contribution in [3.05, 3.63) is 60.4 Å². The van der Waals surface area contributed by atoms with Gasteiger partial charge in [-0.1, -0.05) is 30.3 Å². The van der Waals surface area contributed by atoms with E-state index in [9.17, 15) is 0 Å². The lowest BCUT2D eigenvalue weighted by atomic mass is 10.2. The summed E-state index contributed by atoms with van der Waals surface area (Å²) < 4.78 is 2.16. The molecular weight excluding hydrogens is 298 g/mol. The third kappa shape index (κ3) is 6.87. The molecule has 5 heteroatoms. The van der Waals surface area contributed by atoms with Crippen molar-refractivity contribution >= 4 is 5.96 Å². The molecule has 0 aliphatic carbocycles. The summed E-state index contributed by atoms with van der Waals surface area (Å²) in [5.41, 5.74) is 1.33. The Labute approximate surface area is 145 Å². The number of nitrogens with one attached hydrogen (secondary N) is 2. The average molecular weight is 327 g/mol. The van der Waals surface area contributed by atoms with Gasteiger partial charge in [0.2, 0.25) is 0 Å². The number of hydrogen-bond acceptors (Lipinski definition) is 2. The Balaban J connectivity index is 1.71. The van der Waals surface area contributed by atoms with Crippen LogP contribution in [-0.2, 0) is 13.1 Å². The van der Waals surface area contributed by atoms with Gasteiger partial charge in [0.1, 0.15) is 0 Å². The van der Waals surface area contributed by atoms with E-state index in [1.807, 2.05) is 12.1 Å². The highest BCUT2D eigenvalue weighted by Gasteiger charge is 2.01. The molecule has 130 valence electrons. The zero-order valence-electron chi connectivity index (χ0n) is 14.8. The van der Waals surface area contributed by atoms with Gasteiger partial charge in [-0.2, -0.15) is 0 Å². The molecule has 0 fully saturated rings. The van der Waals surface area contributed by atoms with Gasteiger partial charge >= 0.3 is 0 Å². The van der Waals surface area contributed by atoms with Crippen molar-refractivity contribution in [3.63, 3.8) is 0 Å². The molecular formula is C19H29N5. The summed E-state index contributed by atoms with van der Waals surface area (Å²) >= 11 is 0. The van der Waals surface area contributed by atoms with Crippen LogP contribution >= 0.6 is 0 Å². The fourth-order valence-corrected chi connectivity index (χ4v) is 2.47. The van der Waals surface area contributed by atoms with E-state index in [0.717, 1.165) is 45.2 Å². The largest absolute Gasteiger partial charge is 0.357 e. The molecule has 0 atom stereocenters. The van der Waals surface area contributed by atoms with Gasteiger partial charge in [-0.15, -0.1) is 0 Å². The van der Waals surface area contributed by atoms with Crippen molar-refractivity contribution in [2.45, 2.75) is 20.0 Å². The van der Waals surface area contributed by atoms with E-state index in [0.29, 0.717) is 0 Å². The van der Waals surface area contributed by atoms with Crippen molar-refractivity contribution in [2.75, 3.05) is 33.2 Å². The van der Waals surface area contributed by atoms with Crippen molar-refractivity contribution < 1.29 is 0 Å². The van der Waals surface area contributed by atoms with Gasteiger partial charge in [0.15, 0.2) is 5.96 Å². The van der Waals surface area contributed by atoms with Crippen LogP contribution in [0.1, 0.15) is 12.5 Å². The summed E-state index contributed by atoms with van der Waals surface area (Å²) in [6, 6.07) is 14.6. The van der Waals surface area contributed by atoms with Crippen LogP contribution in [0.5, 0.6) is 0 Å². The number of likely N-dealkylation sites (N-methyl/N-ethyl adjacent to an activating group) is 1. The molecule has 0 aliphatic rings. The van der Waals surface area contributed by atoms with Crippen LogP contribution < -0.4 is 10.6 Å². The first-order chi connectivity index (χ1) is 11.8. The zero-order valence-corrected chi connectivity index (χ0v) is 14.8. The molecule has 2 aromatic rings. The van der Waals surface area contributed by atoms with E-state index in [1.54, 1.807) is 0 Å². The summed E-state index contributed by atoms with van der Waals surface area (Å²) in [6.45, 7) is 7.42. The summed E-state index contributed by atoms with van der Waals surface area (Å²) in [6.07, 6.45) is 4.15. The molecule has 1 aromatic carbocycles. The molecule has 0 amide bonds. The molecule has 2 N–H and O–H groups in total. The second-order valence-corrected chi connectivity index (χ2v) is 5.83. The topological polar surface area (TPSA) is 44.6 Å². The van der Waals surface area contributed by atoms with Crippen LogP contribution in [0.15, 0.2) is 59.9 Å². The highest BCUT2D eigenvalue weighted by Crippen LogP contribution is 2.01. The van der Waals surface area contributed by atoms with E-state index in [1.165, 1.54) is 5.56 Å². The number of nitrogens with zero attached hydrogens (tertiary/aromatic N) is 3. The minimum atomic E-state index is 0.780. The number of rotatable bonds is 9. The van der Waals surface area contributed by atoms with Crippen LogP contribution in [0.2, 0.25) is 0 Å². The standard InChI is InChI=1S/C19H29N5/c1-3-20-19(22-12-16-24-13-7-8-14-24)21-11-15-23(2)17-18-9-5-4-6-10-18/h4-10,13-14H,3,11-12,15-17H2,1-2H3,(H2,20,21,22). The lowest BCUT2D eigenvalue weighted by Gasteiger charge is -2.16. The monoisotopic (exact) mass is 327 g/mol. The van der Waals surface area contributed by atoms with E-state index in [2.05, 4.69) is 81.8 Å². The zero-order chi connectivity index (χ0) is 17.0. The van der Waals surface area contributed by atoms with E-state index < -0.39 is 0 Å². The van der Waals surface area contributed by atoms with Gasteiger partial charge < -0.3 is 20.1 Å². The number of aliphatic imine (C=N–C) groups is 1. The molecule has 2 rings (SSSR count). The smallest absolute Gasteiger partial charge is 0.191 e. The molecule has 0 saturated heterocycles. The minimum absolute atomic E-state index is 0.780. The number of benzene rings is 1. The molecule has 0 radical (unpaired) electrons. The summed E-state index contributed by atoms with van der Waals surface area (Å²) in [4.78, 5) is 6.95. The highest BCUT2D eigenvalue weighted by molar-refractivity contribution is 5.79. The Morgan fingerprint density at radius 1 is 1.08 bits per heavy atom. The first-order valence-corrected chi connectivity index (χ1v) is 8.63. The third-order valence-corrected chi connectivity index (χ3v) is 3.72. The molecule has 24 heavy (non-hydrogen) atoms. The van der Waals surface area contributed by atoms with Crippen molar-refractivity contribution in [1.29, 1.82) is 0 Å². The normalized spacial score (nSPS) is 11.7. The van der Waals surface area contributed by atoms with Crippen molar-refractivity contribution in [2.24, 2.45) is 4.99 Å². The average Bonchev–Trinajstić information content (AvgIpc) is 3.09. The molecule has 0 aliphatic heterocycles. The molecule has 1 heterocycles. The Morgan fingerprint density at radius 3 is 2.54 bits per heavy atom. The van der Waals surface area contributed by atoms with Crippen LogP contribution in [0.4, 0.5) is 0 Å². The second kappa shape index (κ2) is 10.5. The molecule has 5 nitrogen and oxygen atoms in total. The van der Waals surface area contributed by atoms with E-state index in [-0.39, 0.29) is 0 Å². The molecule has 0 bridgehead atoms. The Hall–Kier alpha value is -2.27. The summed E-state index contributed by atoms with van der Waals surface area (Å²) in [5.74, 6) is 0.887. The maximum Gasteiger partial charge on any atom is 0.191 e. The SMILES string of the molecule is CCNC(=NCCN(C)Cc1ccccc1)NCCn1cccc1. The van der Waals surface area contributed by atoms with Crippen molar-refractivity contribution in [3.8, 4) is 0 Å². The maximum atomic E-state index is 4.66. The van der Waals surface area contributed by atoms with E-state index in [4.69, 9.17) is 0 Å². The first-order valence-electron chi connectivity index (χ1n) is 8.63. The predicted molar refractivity (Wildman–Crippen MR) is 101 cm³/mol. The van der Waals surface area contributed by atoms with E-state index >= 15 is 0 Å². The molecule has 0 saturated carbocycles. The summed E-state index contributed by atoms with van der Waals surface area (Å²) in [7, 11) is 2.13. The lowest BCUT2D eigenvalue weighted by Crippen LogP contribution is -2.39. The van der Waals surface area contributed by atoms with Gasteiger partial charge in [-0.3, -0.25) is 4.99 Å². The van der Waals surface area contributed by atoms with Gasteiger partial charge in [0.25, 0.3) is 0 Å². The molecule has 0 spiro atoms. The van der Waals surface area contributed by atoms with Crippen LogP contribution in [0.25, 0.3) is 0 Å². The second-order valence-electron chi connectivity index (χ2n) is 5.83. The molecule has 0 unspecified atom stereocenters. The number of guanidine groups is 1. The predicted octanol–water partition coefficient (Wildman–Crippen LogP) is 2.18. The fourth-order valence-electron chi connectivity index (χ4n) is 2.47. The number of hydrogen-bond donors (Lipinski definition) is 2. The van der Waals surface area contributed by atoms with Crippen LogP contribution in [0.3, 0.4) is 0 Å². The fraction of sp³-hybridized carbons (Fsp3) is 0.421. The lowest BCUT2D eigenvalue weighted by molar-refractivity contribution is 0.336. The van der Waals surface area contributed by atoms with Gasteiger partial charge in [0.05, 0.1) is 6.54 Å².